The van der Waals surface area contributed by atoms with Crippen LogP contribution in [0, 0.1) is 11.3 Å². The standard InChI is InChI=1S/C43H27N3/c44-28-29-9-8-10-31(25-29)30-17-21-35(22-18-30)46-40-15-6-4-13-36(40)38-23-19-33(27-43(38)46)32-20-24-42-39(26-32)37-14-5-7-16-41(37)45(42)34-11-2-1-3-12-34/h1-27H. The molecule has 0 atom stereocenters. The molecular formula is C43H27N3. The zero-order valence-electron chi connectivity index (χ0n) is 24.9. The van der Waals surface area contributed by atoms with Crippen LogP contribution < -0.4 is 0 Å². The predicted molar refractivity (Wildman–Crippen MR) is 191 cm³/mol. The van der Waals surface area contributed by atoms with Crippen LogP contribution in [0.25, 0.3) is 77.2 Å². The summed E-state index contributed by atoms with van der Waals surface area (Å²) in [5.74, 6) is 0. The quantitative estimate of drug-likeness (QED) is 0.202. The van der Waals surface area contributed by atoms with Gasteiger partial charge in [0.25, 0.3) is 0 Å². The highest BCUT2D eigenvalue weighted by Crippen LogP contribution is 2.38. The van der Waals surface area contributed by atoms with Crippen molar-refractivity contribution in [1.29, 1.82) is 5.26 Å². The highest BCUT2D eigenvalue weighted by Gasteiger charge is 2.16. The highest BCUT2D eigenvalue weighted by atomic mass is 15.0. The van der Waals surface area contributed by atoms with Gasteiger partial charge in [-0.3, -0.25) is 0 Å². The fourth-order valence-electron chi connectivity index (χ4n) is 7.01. The maximum atomic E-state index is 9.38. The molecule has 0 bridgehead atoms. The Bertz CT molecular complexity index is 2630. The Morgan fingerprint density at radius 2 is 0.891 bits per heavy atom. The molecule has 0 amide bonds. The van der Waals surface area contributed by atoms with Crippen molar-refractivity contribution < 1.29 is 0 Å². The Balaban J connectivity index is 1.21. The van der Waals surface area contributed by atoms with Gasteiger partial charge < -0.3 is 9.13 Å². The van der Waals surface area contributed by atoms with Gasteiger partial charge in [0.2, 0.25) is 0 Å². The van der Waals surface area contributed by atoms with E-state index in [2.05, 4.69) is 161 Å². The van der Waals surface area contributed by atoms with Crippen LogP contribution in [0.4, 0.5) is 0 Å². The second-order valence-corrected chi connectivity index (χ2v) is 11.7. The lowest BCUT2D eigenvalue weighted by Crippen LogP contribution is -1.94. The monoisotopic (exact) mass is 585 g/mol. The maximum absolute atomic E-state index is 9.38. The van der Waals surface area contributed by atoms with Crippen molar-refractivity contribution >= 4 is 43.6 Å². The van der Waals surface area contributed by atoms with Crippen LogP contribution in [0.2, 0.25) is 0 Å². The Morgan fingerprint density at radius 1 is 0.348 bits per heavy atom. The number of fused-ring (bicyclic) bond motifs is 6. The average Bonchev–Trinajstić information content (AvgIpc) is 3.64. The lowest BCUT2D eigenvalue weighted by molar-refractivity contribution is 1.18. The molecule has 0 saturated heterocycles. The highest BCUT2D eigenvalue weighted by molar-refractivity contribution is 6.12. The molecule has 0 saturated carbocycles. The van der Waals surface area contributed by atoms with Gasteiger partial charge in [0.15, 0.2) is 0 Å². The van der Waals surface area contributed by atoms with Crippen LogP contribution >= 0.6 is 0 Å². The largest absolute Gasteiger partial charge is 0.309 e. The van der Waals surface area contributed by atoms with Crippen molar-refractivity contribution in [3.63, 3.8) is 0 Å². The number of para-hydroxylation sites is 3. The first-order valence-electron chi connectivity index (χ1n) is 15.5. The Hall–Kier alpha value is -6.37. The van der Waals surface area contributed by atoms with Gasteiger partial charge in [0.1, 0.15) is 0 Å². The van der Waals surface area contributed by atoms with Gasteiger partial charge in [0, 0.05) is 32.9 Å². The molecule has 0 aliphatic heterocycles. The number of benzene rings is 7. The summed E-state index contributed by atoms with van der Waals surface area (Å²) in [5, 5.41) is 14.3. The fraction of sp³-hybridized carbons (Fsp3) is 0. The first-order valence-corrected chi connectivity index (χ1v) is 15.5. The van der Waals surface area contributed by atoms with E-state index in [0.29, 0.717) is 5.56 Å². The molecule has 0 aliphatic rings. The van der Waals surface area contributed by atoms with E-state index < -0.39 is 0 Å². The molecule has 0 fully saturated rings. The first kappa shape index (κ1) is 26.1. The minimum atomic E-state index is 0.666. The fourth-order valence-corrected chi connectivity index (χ4v) is 7.01. The van der Waals surface area contributed by atoms with Crippen molar-refractivity contribution in [3.8, 4) is 39.7 Å². The predicted octanol–water partition coefficient (Wildman–Crippen LogP) is 11.1. The van der Waals surface area contributed by atoms with Gasteiger partial charge in [0.05, 0.1) is 33.7 Å². The van der Waals surface area contributed by atoms with Gasteiger partial charge in [-0.1, -0.05) is 97.1 Å². The molecule has 9 rings (SSSR count). The van der Waals surface area contributed by atoms with Crippen molar-refractivity contribution in [1.82, 2.24) is 9.13 Å². The van der Waals surface area contributed by atoms with Crippen molar-refractivity contribution in [2.24, 2.45) is 0 Å². The zero-order chi connectivity index (χ0) is 30.6. The number of hydrogen-bond donors (Lipinski definition) is 0. The smallest absolute Gasteiger partial charge is 0.0991 e. The minimum absolute atomic E-state index is 0.666. The third kappa shape index (κ3) is 4.05. The molecule has 214 valence electrons. The Morgan fingerprint density at radius 3 is 1.65 bits per heavy atom. The summed E-state index contributed by atoms with van der Waals surface area (Å²) in [6.45, 7) is 0. The summed E-state index contributed by atoms with van der Waals surface area (Å²) in [6.07, 6.45) is 0. The summed E-state index contributed by atoms with van der Waals surface area (Å²) in [5.41, 5.74) is 12.2. The Kier molecular flexibility index (Phi) is 5.88. The van der Waals surface area contributed by atoms with Crippen LogP contribution in [0.1, 0.15) is 5.56 Å². The lowest BCUT2D eigenvalue weighted by atomic mass is 10.0. The van der Waals surface area contributed by atoms with Crippen LogP contribution in [0.15, 0.2) is 164 Å². The summed E-state index contributed by atoms with van der Waals surface area (Å²) in [7, 11) is 0. The normalized spacial score (nSPS) is 11.5. The van der Waals surface area contributed by atoms with Crippen LogP contribution in [0.5, 0.6) is 0 Å². The second-order valence-electron chi connectivity index (χ2n) is 11.7. The van der Waals surface area contributed by atoms with Crippen molar-refractivity contribution in [2.75, 3.05) is 0 Å². The molecule has 2 aromatic heterocycles. The molecule has 3 nitrogen and oxygen atoms in total. The first-order chi connectivity index (χ1) is 22.8. The van der Waals surface area contributed by atoms with E-state index >= 15 is 0 Å². The van der Waals surface area contributed by atoms with E-state index in [1.54, 1.807) is 0 Å². The molecule has 2 heterocycles. The number of hydrogen-bond acceptors (Lipinski definition) is 1. The number of nitrogens with zero attached hydrogens (tertiary/aromatic N) is 3. The zero-order valence-corrected chi connectivity index (χ0v) is 24.9. The molecule has 0 unspecified atom stereocenters. The molecule has 7 aromatic carbocycles. The molecule has 9 aromatic rings. The lowest BCUT2D eigenvalue weighted by Gasteiger charge is -2.11. The van der Waals surface area contributed by atoms with E-state index in [1.165, 1.54) is 54.7 Å². The van der Waals surface area contributed by atoms with Gasteiger partial charge in [-0.2, -0.15) is 5.26 Å². The molecule has 0 aliphatic carbocycles. The SMILES string of the molecule is N#Cc1cccc(-c2ccc(-n3c4ccccc4c4ccc(-c5ccc6c(c5)c5ccccc5n6-c5ccccc5)cc43)cc2)c1. The maximum Gasteiger partial charge on any atom is 0.0991 e. The Labute approximate surface area is 266 Å². The van der Waals surface area contributed by atoms with Gasteiger partial charge in [-0.15, -0.1) is 0 Å². The second kappa shape index (κ2) is 10.4. The summed E-state index contributed by atoms with van der Waals surface area (Å²) in [4.78, 5) is 0. The summed E-state index contributed by atoms with van der Waals surface area (Å²) < 4.78 is 4.72. The van der Waals surface area contributed by atoms with E-state index in [4.69, 9.17) is 0 Å². The third-order valence-corrected chi connectivity index (χ3v) is 9.14. The molecule has 46 heavy (non-hydrogen) atoms. The van der Waals surface area contributed by atoms with Crippen molar-refractivity contribution in [3.05, 3.63) is 169 Å². The van der Waals surface area contributed by atoms with Gasteiger partial charge >= 0.3 is 0 Å². The van der Waals surface area contributed by atoms with E-state index in [1.807, 2.05) is 18.2 Å². The third-order valence-electron chi connectivity index (χ3n) is 9.14. The molecule has 3 heteroatoms. The molecular weight excluding hydrogens is 558 g/mol. The van der Waals surface area contributed by atoms with Crippen LogP contribution in [-0.4, -0.2) is 9.13 Å². The summed E-state index contributed by atoms with van der Waals surface area (Å²) >= 11 is 0. The van der Waals surface area contributed by atoms with E-state index in [9.17, 15) is 5.26 Å². The van der Waals surface area contributed by atoms with Gasteiger partial charge in [-0.05, 0) is 89.0 Å². The number of rotatable bonds is 4. The average molecular weight is 586 g/mol. The summed E-state index contributed by atoms with van der Waals surface area (Å²) in [6, 6.07) is 60.3. The number of aromatic nitrogens is 2. The molecule has 0 N–H and O–H groups in total. The topological polar surface area (TPSA) is 33.6 Å². The van der Waals surface area contributed by atoms with Crippen LogP contribution in [0.3, 0.4) is 0 Å². The van der Waals surface area contributed by atoms with Gasteiger partial charge in [-0.25, -0.2) is 0 Å². The van der Waals surface area contributed by atoms with Crippen LogP contribution in [-0.2, 0) is 0 Å². The minimum Gasteiger partial charge on any atom is -0.309 e. The van der Waals surface area contributed by atoms with E-state index in [0.717, 1.165) is 22.5 Å². The molecule has 0 radical (unpaired) electrons. The molecule has 0 spiro atoms. The van der Waals surface area contributed by atoms with E-state index in [-0.39, 0.29) is 0 Å². The van der Waals surface area contributed by atoms with Crippen molar-refractivity contribution in [2.45, 2.75) is 0 Å². The number of nitriles is 1.